The number of benzene rings is 2. The topological polar surface area (TPSA) is 30.8 Å². The number of aliphatic imine (C=N–C) groups is 1. The lowest BCUT2D eigenvalue weighted by atomic mass is 10.1. The van der Waals surface area contributed by atoms with Gasteiger partial charge in [-0.1, -0.05) is 18.2 Å². The number of methoxy groups -OCH3 is 2. The molecule has 1 aliphatic heterocycles. The van der Waals surface area contributed by atoms with E-state index in [1.54, 1.807) is 14.2 Å². The summed E-state index contributed by atoms with van der Waals surface area (Å²) in [6.07, 6.45) is 0.925. The number of rotatable bonds is 3. The number of nitrogens with zero attached hydrogens (tertiary/aromatic N) is 1. The number of thioether (sulfide) groups is 1. The van der Waals surface area contributed by atoms with Gasteiger partial charge in [-0.3, -0.25) is 4.99 Å². The molecule has 4 heteroatoms. The predicted molar refractivity (Wildman–Crippen MR) is 92.0 cm³/mol. The van der Waals surface area contributed by atoms with Gasteiger partial charge in [-0.15, -0.1) is 11.8 Å². The van der Waals surface area contributed by atoms with Crippen LogP contribution in [0, 0.1) is 0 Å². The lowest BCUT2D eigenvalue weighted by Gasteiger charge is -2.17. The molecule has 22 heavy (non-hydrogen) atoms. The Bertz CT molecular complexity index is 712. The first-order valence-electron chi connectivity index (χ1n) is 7.23. The minimum absolute atomic E-state index is 0.326. The minimum atomic E-state index is 0.326. The van der Waals surface area contributed by atoms with E-state index in [1.807, 2.05) is 23.9 Å². The third-order valence-electron chi connectivity index (χ3n) is 3.71. The van der Waals surface area contributed by atoms with Crippen LogP contribution in [0.2, 0.25) is 0 Å². The van der Waals surface area contributed by atoms with E-state index in [-0.39, 0.29) is 0 Å². The lowest BCUT2D eigenvalue weighted by molar-refractivity contribution is 0.354. The summed E-state index contributed by atoms with van der Waals surface area (Å²) in [5, 5.41) is 0.326. The molecule has 2 aromatic rings. The molecule has 3 rings (SSSR count). The fourth-order valence-corrected chi connectivity index (χ4v) is 3.91. The Hall–Kier alpha value is -1.94. The van der Waals surface area contributed by atoms with Crippen molar-refractivity contribution < 1.29 is 9.47 Å². The third kappa shape index (κ3) is 2.97. The molecule has 0 saturated carbocycles. The smallest absolute Gasteiger partial charge is 0.161 e. The van der Waals surface area contributed by atoms with E-state index in [2.05, 4.69) is 37.3 Å². The van der Waals surface area contributed by atoms with Crippen LogP contribution in [0.25, 0.3) is 0 Å². The van der Waals surface area contributed by atoms with Crippen LogP contribution in [-0.2, 0) is 0 Å². The molecule has 114 valence electrons. The summed E-state index contributed by atoms with van der Waals surface area (Å²) in [6, 6.07) is 14.5. The second-order valence-corrected chi connectivity index (χ2v) is 6.48. The highest BCUT2D eigenvalue weighted by molar-refractivity contribution is 7.99. The molecule has 0 fully saturated rings. The van der Waals surface area contributed by atoms with Crippen molar-refractivity contribution in [1.29, 1.82) is 0 Å². The van der Waals surface area contributed by atoms with E-state index < -0.39 is 0 Å². The van der Waals surface area contributed by atoms with Crippen LogP contribution < -0.4 is 9.47 Å². The molecule has 0 aromatic heterocycles. The standard InChI is InChI=1S/C18H19NO2S/c1-12-10-18(22-17-7-5-4-6-14(17)19-12)13-8-9-15(20-2)16(11-13)21-3/h4-9,11,18H,10H2,1-3H3/t18-/m0/s1. The van der Waals surface area contributed by atoms with Gasteiger partial charge in [0.1, 0.15) is 0 Å². The van der Waals surface area contributed by atoms with E-state index in [1.165, 1.54) is 10.5 Å². The van der Waals surface area contributed by atoms with Crippen LogP contribution >= 0.6 is 11.8 Å². The van der Waals surface area contributed by atoms with Crippen molar-refractivity contribution in [2.75, 3.05) is 14.2 Å². The van der Waals surface area contributed by atoms with Crippen molar-refractivity contribution in [2.24, 2.45) is 4.99 Å². The normalized spacial score (nSPS) is 17.2. The summed E-state index contributed by atoms with van der Waals surface area (Å²) < 4.78 is 10.8. The number of para-hydroxylation sites is 1. The summed E-state index contributed by atoms with van der Waals surface area (Å²) in [7, 11) is 3.33. The fourth-order valence-electron chi connectivity index (χ4n) is 2.60. The second kappa shape index (κ2) is 6.44. The number of hydrogen-bond donors (Lipinski definition) is 0. The van der Waals surface area contributed by atoms with E-state index in [0.29, 0.717) is 5.25 Å². The highest BCUT2D eigenvalue weighted by Crippen LogP contribution is 2.46. The van der Waals surface area contributed by atoms with Crippen molar-refractivity contribution >= 4 is 23.2 Å². The van der Waals surface area contributed by atoms with Gasteiger partial charge in [-0.05, 0) is 36.8 Å². The van der Waals surface area contributed by atoms with E-state index in [4.69, 9.17) is 14.5 Å². The largest absolute Gasteiger partial charge is 0.493 e. The molecule has 0 bridgehead atoms. The molecule has 0 N–H and O–H groups in total. The lowest BCUT2D eigenvalue weighted by Crippen LogP contribution is -2.01. The Morgan fingerprint density at radius 3 is 2.59 bits per heavy atom. The molecule has 0 unspecified atom stereocenters. The van der Waals surface area contributed by atoms with Crippen LogP contribution in [0.1, 0.15) is 24.2 Å². The monoisotopic (exact) mass is 313 g/mol. The molecular weight excluding hydrogens is 294 g/mol. The Balaban J connectivity index is 1.97. The summed E-state index contributed by atoms with van der Waals surface area (Å²) in [6.45, 7) is 2.09. The van der Waals surface area contributed by atoms with Crippen LogP contribution in [0.15, 0.2) is 52.4 Å². The first-order chi connectivity index (χ1) is 10.7. The summed E-state index contributed by atoms with van der Waals surface area (Å²) in [4.78, 5) is 5.95. The highest BCUT2D eigenvalue weighted by Gasteiger charge is 2.21. The summed E-state index contributed by atoms with van der Waals surface area (Å²) in [5.41, 5.74) is 3.44. The van der Waals surface area contributed by atoms with Gasteiger partial charge in [0.15, 0.2) is 11.5 Å². The Morgan fingerprint density at radius 1 is 1.05 bits per heavy atom. The molecule has 1 heterocycles. The minimum Gasteiger partial charge on any atom is -0.493 e. The highest BCUT2D eigenvalue weighted by atomic mass is 32.2. The first kappa shape index (κ1) is 15.0. The maximum Gasteiger partial charge on any atom is 0.161 e. The van der Waals surface area contributed by atoms with Crippen LogP contribution in [0.4, 0.5) is 5.69 Å². The molecule has 0 saturated heterocycles. The average Bonchev–Trinajstić information content (AvgIpc) is 2.72. The summed E-state index contributed by atoms with van der Waals surface area (Å²) >= 11 is 1.86. The maximum atomic E-state index is 5.43. The molecule has 1 aliphatic rings. The molecule has 0 amide bonds. The van der Waals surface area contributed by atoms with Gasteiger partial charge in [0.2, 0.25) is 0 Å². The van der Waals surface area contributed by atoms with Crippen LogP contribution in [0.3, 0.4) is 0 Å². The molecule has 0 spiro atoms. The van der Waals surface area contributed by atoms with Crippen molar-refractivity contribution in [3.8, 4) is 11.5 Å². The van der Waals surface area contributed by atoms with Gasteiger partial charge >= 0.3 is 0 Å². The quantitative estimate of drug-likeness (QED) is 0.796. The van der Waals surface area contributed by atoms with Crippen molar-refractivity contribution in [1.82, 2.24) is 0 Å². The zero-order valence-electron chi connectivity index (χ0n) is 13.0. The first-order valence-corrected chi connectivity index (χ1v) is 8.11. The van der Waals surface area contributed by atoms with E-state index >= 15 is 0 Å². The van der Waals surface area contributed by atoms with Crippen LogP contribution in [0.5, 0.6) is 11.5 Å². The van der Waals surface area contributed by atoms with Gasteiger partial charge in [-0.25, -0.2) is 0 Å². The molecule has 0 radical (unpaired) electrons. The Morgan fingerprint density at radius 2 is 1.82 bits per heavy atom. The van der Waals surface area contributed by atoms with Crippen molar-refractivity contribution in [3.05, 3.63) is 48.0 Å². The van der Waals surface area contributed by atoms with Gasteiger partial charge in [0.05, 0.1) is 19.9 Å². The zero-order chi connectivity index (χ0) is 15.5. The summed E-state index contributed by atoms with van der Waals surface area (Å²) in [5.74, 6) is 1.53. The van der Waals surface area contributed by atoms with Crippen molar-refractivity contribution in [3.63, 3.8) is 0 Å². The van der Waals surface area contributed by atoms with E-state index in [9.17, 15) is 0 Å². The molecule has 0 aliphatic carbocycles. The number of ether oxygens (including phenoxy) is 2. The van der Waals surface area contributed by atoms with Gasteiger partial charge in [-0.2, -0.15) is 0 Å². The molecule has 2 aromatic carbocycles. The maximum absolute atomic E-state index is 5.43. The number of hydrogen-bond acceptors (Lipinski definition) is 4. The van der Waals surface area contributed by atoms with Gasteiger partial charge < -0.3 is 9.47 Å². The second-order valence-electron chi connectivity index (χ2n) is 5.24. The van der Waals surface area contributed by atoms with Crippen molar-refractivity contribution in [2.45, 2.75) is 23.5 Å². The Labute approximate surface area is 135 Å². The SMILES string of the molecule is COc1ccc([C@@H]2CC(C)=Nc3ccccc3S2)cc1OC. The molecule has 3 nitrogen and oxygen atoms in total. The van der Waals surface area contributed by atoms with Gasteiger partial charge in [0, 0.05) is 22.3 Å². The van der Waals surface area contributed by atoms with Crippen LogP contribution in [-0.4, -0.2) is 19.9 Å². The third-order valence-corrected chi connectivity index (χ3v) is 5.03. The average molecular weight is 313 g/mol. The molecular formula is C18H19NO2S. The molecule has 1 atom stereocenters. The van der Waals surface area contributed by atoms with E-state index in [0.717, 1.165) is 29.3 Å². The predicted octanol–water partition coefficient (Wildman–Crippen LogP) is 5.03. The zero-order valence-corrected chi connectivity index (χ0v) is 13.8. The Kier molecular flexibility index (Phi) is 4.39. The number of fused-ring (bicyclic) bond motifs is 1. The van der Waals surface area contributed by atoms with Gasteiger partial charge in [0.25, 0.3) is 0 Å². The fraction of sp³-hybridized carbons (Fsp3) is 0.278.